The Morgan fingerprint density at radius 2 is 1.62 bits per heavy atom. The maximum absolute atomic E-state index is 5.20. The molecule has 0 N–H and O–H groups in total. The second-order valence-corrected chi connectivity index (χ2v) is 5.16. The molecule has 2 heteroatoms. The monoisotopic (exact) mass is 286 g/mol. The summed E-state index contributed by atoms with van der Waals surface area (Å²) in [6.45, 7) is 2.27. The SMILES string of the molecule is CCCCCCCCCCc1ccoc1Br. The van der Waals surface area contributed by atoms with Gasteiger partial charge in [0, 0.05) is 5.56 Å². The third-order valence-electron chi connectivity index (χ3n) is 2.99. The molecule has 0 bridgehead atoms. The first-order chi connectivity index (χ1) is 7.84. The summed E-state index contributed by atoms with van der Waals surface area (Å²) in [5.74, 6) is 0. The molecule has 0 amide bonds. The molecule has 1 aromatic rings. The molecule has 1 heterocycles. The molecule has 92 valence electrons. The van der Waals surface area contributed by atoms with E-state index >= 15 is 0 Å². The van der Waals surface area contributed by atoms with Crippen molar-refractivity contribution in [2.24, 2.45) is 0 Å². The summed E-state index contributed by atoms with van der Waals surface area (Å²) in [7, 11) is 0. The molecule has 0 spiro atoms. The van der Waals surface area contributed by atoms with Gasteiger partial charge in [-0.3, -0.25) is 0 Å². The van der Waals surface area contributed by atoms with E-state index in [1.54, 1.807) is 6.26 Å². The first-order valence-corrected chi connectivity index (χ1v) is 7.35. The molecule has 0 aromatic carbocycles. The Morgan fingerprint density at radius 1 is 1.00 bits per heavy atom. The van der Waals surface area contributed by atoms with Crippen LogP contribution in [-0.2, 0) is 6.42 Å². The molecule has 0 radical (unpaired) electrons. The second kappa shape index (κ2) is 8.86. The van der Waals surface area contributed by atoms with Gasteiger partial charge in [0.1, 0.15) is 0 Å². The van der Waals surface area contributed by atoms with Gasteiger partial charge in [0.2, 0.25) is 0 Å². The van der Waals surface area contributed by atoms with Gasteiger partial charge in [-0.1, -0.05) is 51.9 Å². The Kier molecular flexibility index (Phi) is 7.65. The fourth-order valence-corrected chi connectivity index (χ4v) is 2.39. The molecule has 0 aliphatic rings. The topological polar surface area (TPSA) is 13.1 Å². The van der Waals surface area contributed by atoms with E-state index < -0.39 is 0 Å². The van der Waals surface area contributed by atoms with E-state index in [-0.39, 0.29) is 0 Å². The van der Waals surface area contributed by atoms with Crippen molar-refractivity contribution in [2.75, 3.05) is 0 Å². The van der Waals surface area contributed by atoms with Crippen molar-refractivity contribution in [2.45, 2.75) is 64.7 Å². The van der Waals surface area contributed by atoms with E-state index in [1.165, 1.54) is 56.9 Å². The van der Waals surface area contributed by atoms with Gasteiger partial charge in [0.15, 0.2) is 4.67 Å². The van der Waals surface area contributed by atoms with Crippen LogP contribution in [0.25, 0.3) is 0 Å². The molecule has 0 aliphatic carbocycles. The van der Waals surface area contributed by atoms with Crippen molar-refractivity contribution < 1.29 is 4.42 Å². The zero-order valence-electron chi connectivity index (χ0n) is 10.3. The molecular weight excluding hydrogens is 264 g/mol. The van der Waals surface area contributed by atoms with Gasteiger partial charge in [-0.05, 0) is 34.8 Å². The minimum absolute atomic E-state index is 0.912. The number of hydrogen-bond donors (Lipinski definition) is 0. The summed E-state index contributed by atoms with van der Waals surface area (Å²) in [5.41, 5.74) is 1.31. The van der Waals surface area contributed by atoms with Gasteiger partial charge in [-0.25, -0.2) is 0 Å². The average molecular weight is 287 g/mol. The van der Waals surface area contributed by atoms with Crippen molar-refractivity contribution in [1.29, 1.82) is 0 Å². The second-order valence-electron chi connectivity index (χ2n) is 4.44. The summed E-state index contributed by atoms with van der Waals surface area (Å²) < 4.78 is 6.12. The highest BCUT2D eigenvalue weighted by Crippen LogP contribution is 2.20. The summed E-state index contributed by atoms with van der Waals surface area (Å²) >= 11 is 3.41. The maximum Gasteiger partial charge on any atom is 0.172 e. The standard InChI is InChI=1S/C14H23BrO/c1-2-3-4-5-6-7-8-9-10-13-11-12-16-14(13)15/h11-12H,2-10H2,1H3. The van der Waals surface area contributed by atoms with Gasteiger partial charge < -0.3 is 4.42 Å². The Balaban J connectivity index is 1.91. The van der Waals surface area contributed by atoms with E-state index in [9.17, 15) is 0 Å². The minimum atomic E-state index is 0.912. The smallest absolute Gasteiger partial charge is 0.172 e. The molecular formula is C14H23BrO. The van der Waals surface area contributed by atoms with Crippen molar-refractivity contribution in [1.82, 2.24) is 0 Å². The van der Waals surface area contributed by atoms with Crippen LogP contribution in [0.5, 0.6) is 0 Å². The van der Waals surface area contributed by atoms with Crippen LogP contribution in [0, 0.1) is 0 Å². The highest BCUT2D eigenvalue weighted by molar-refractivity contribution is 9.10. The number of hydrogen-bond acceptors (Lipinski definition) is 1. The van der Waals surface area contributed by atoms with Crippen molar-refractivity contribution in [3.8, 4) is 0 Å². The van der Waals surface area contributed by atoms with Crippen LogP contribution in [0.2, 0.25) is 0 Å². The lowest BCUT2D eigenvalue weighted by Crippen LogP contribution is -1.85. The first kappa shape index (κ1) is 13.8. The van der Waals surface area contributed by atoms with Crippen LogP contribution in [0.1, 0.15) is 63.9 Å². The molecule has 0 saturated carbocycles. The highest BCUT2D eigenvalue weighted by Gasteiger charge is 2.01. The largest absolute Gasteiger partial charge is 0.457 e. The highest BCUT2D eigenvalue weighted by atomic mass is 79.9. The third kappa shape index (κ3) is 5.74. The zero-order chi connectivity index (χ0) is 11.6. The summed E-state index contributed by atoms with van der Waals surface area (Å²) in [6, 6.07) is 2.06. The predicted molar refractivity (Wildman–Crippen MR) is 72.7 cm³/mol. The molecule has 1 aromatic heterocycles. The van der Waals surface area contributed by atoms with Crippen LogP contribution in [0.15, 0.2) is 21.4 Å². The van der Waals surface area contributed by atoms with E-state index in [0.717, 1.165) is 11.1 Å². The number of furan rings is 1. The van der Waals surface area contributed by atoms with Crippen LogP contribution in [-0.4, -0.2) is 0 Å². The van der Waals surface area contributed by atoms with E-state index in [1.807, 2.05) is 0 Å². The first-order valence-electron chi connectivity index (χ1n) is 6.56. The Morgan fingerprint density at radius 3 is 2.19 bits per heavy atom. The van der Waals surface area contributed by atoms with Crippen LogP contribution < -0.4 is 0 Å². The Hall–Kier alpha value is -0.240. The van der Waals surface area contributed by atoms with Crippen molar-refractivity contribution in [3.05, 3.63) is 22.6 Å². The van der Waals surface area contributed by atoms with Crippen LogP contribution in [0.3, 0.4) is 0 Å². The van der Waals surface area contributed by atoms with Crippen molar-refractivity contribution in [3.63, 3.8) is 0 Å². The van der Waals surface area contributed by atoms with Gasteiger partial charge >= 0.3 is 0 Å². The molecule has 0 aliphatic heterocycles. The summed E-state index contributed by atoms with van der Waals surface area (Å²) in [6.07, 6.45) is 13.9. The summed E-state index contributed by atoms with van der Waals surface area (Å²) in [5, 5.41) is 0. The van der Waals surface area contributed by atoms with Crippen LogP contribution in [0.4, 0.5) is 0 Å². The van der Waals surface area contributed by atoms with Gasteiger partial charge in [-0.2, -0.15) is 0 Å². The lowest BCUT2D eigenvalue weighted by molar-refractivity contribution is 0.533. The van der Waals surface area contributed by atoms with Gasteiger partial charge in [0.25, 0.3) is 0 Å². The number of aryl methyl sites for hydroxylation is 1. The molecule has 16 heavy (non-hydrogen) atoms. The van der Waals surface area contributed by atoms with E-state index in [0.29, 0.717) is 0 Å². The quantitative estimate of drug-likeness (QED) is 0.529. The van der Waals surface area contributed by atoms with E-state index in [2.05, 4.69) is 28.9 Å². The minimum Gasteiger partial charge on any atom is -0.457 e. The maximum atomic E-state index is 5.20. The zero-order valence-corrected chi connectivity index (χ0v) is 11.9. The van der Waals surface area contributed by atoms with Crippen LogP contribution >= 0.6 is 15.9 Å². The summed E-state index contributed by atoms with van der Waals surface area (Å²) in [4.78, 5) is 0. The Bertz CT molecular complexity index is 267. The molecule has 1 rings (SSSR count). The lowest BCUT2D eigenvalue weighted by Gasteiger charge is -2.01. The molecule has 0 atom stereocenters. The number of unbranched alkanes of at least 4 members (excludes halogenated alkanes) is 7. The number of halogens is 1. The fourth-order valence-electron chi connectivity index (χ4n) is 1.95. The third-order valence-corrected chi connectivity index (χ3v) is 3.69. The van der Waals surface area contributed by atoms with Gasteiger partial charge in [-0.15, -0.1) is 0 Å². The molecule has 1 nitrogen and oxygen atoms in total. The lowest BCUT2D eigenvalue weighted by atomic mass is 10.1. The number of rotatable bonds is 9. The van der Waals surface area contributed by atoms with E-state index in [4.69, 9.17) is 4.42 Å². The normalized spacial score (nSPS) is 10.9. The fraction of sp³-hybridized carbons (Fsp3) is 0.714. The van der Waals surface area contributed by atoms with Crippen molar-refractivity contribution >= 4 is 15.9 Å². The Labute approximate surface area is 108 Å². The molecule has 0 fully saturated rings. The predicted octanol–water partition coefficient (Wildman–Crippen LogP) is 5.73. The molecule has 0 saturated heterocycles. The molecule has 0 unspecified atom stereocenters. The van der Waals surface area contributed by atoms with Gasteiger partial charge in [0.05, 0.1) is 6.26 Å². The average Bonchev–Trinajstić information content (AvgIpc) is 2.68.